The van der Waals surface area contributed by atoms with E-state index in [0.717, 1.165) is 17.6 Å². The second kappa shape index (κ2) is 6.72. The van der Waals surface area contributed by atoms with Gasteiger partial charge >= 0.3 is 0 Å². The molecular formula is C20H20N3S+. The third-order valence-corrected chi connectivity index (χ3v) is 5.98. The number of hydrogen-bond acceptors (Lipinski definition) is 3. The summed E-state index contributed by atoms with van der Waals surface area (Å²) in [5.74, 6) is 0. The van der Waals surface area contributed by atoms with Gasteiger partial charge in [0.2, 0.25) is 0 Å². The first-order chi connectivity index (χ1) is 11.8. The molecule has 120 valence electrons. The quantitative estimate of drug-likeness (QED) is 0.797. The van der Waals surface area contributed by atoms with Crippen LogP contribution < -0.4 is 4.90 Å². The Balaban J connectivity index is 1.61. The number of piperidine rings is 1. The molecule has 1 aromatic heterocycles. The van der Waals surface area contributed by atoms with Gasteiger partial charge in [-0.1, -0.05) is 24.3 Å². The predicted octanol–water partition coefficient (Wildman–Crippen LogP) is 3.48. The highest BCUT2D eigenvalue weighted by Gasteiger charge is 2.30. The highest BCUT2D eigenvalue weighted by atomic mass is 32.1. The molecule has 3 aromatic rings. The minimum atomic E-state index is 0.474. The summed E-state index contributed by atoms with van der Waals surface area (Å²) in [4.78, 5) is 6.49. The van der Waals surface area contributed by atoms with Gasteiger partial charge in [0.25, 0.3) is 0 Å². The van der Waals surface area contributed by atoms with E-state index in [1.165, 1.54) is 41.1 Å². The van der Waals surface area contributed by atoms with Crippen LogP contribution in [0.3, 0.4) is 0 Å². The van der Waals surface area contributed by atoms with Crippen molar-refractivity contribution in [1.29, 1.82) is 5.26 Å². The number of para-hydroxylation sites is 1. The van der Waals surface area contributed by atoms with Crippen LogP contribution in [0.2, 0.25) is 0 Å². The Hall–Kier alpha value is -2.22. The van der Waals surface area contributed by atoms with Gasteiger partial charge in [-0.2, -0.15) is 5.26 Å². The van der Waals surface area contributed by atoms with Crippen LogP contribution in [0.1, 0.15) is 41.4 Å². The Kier molecular flexibility index (Phi) is 4.29. The number of quaternary nitrogens is 1. The molecule has 1 aliphatic heterocycles. The van der Waals surface area contributed by atoms with Gasteiger partial charge in [0, 0.05) is 12.0 Å². The van der Waals surface area contributed by atoms with Crippen LogP contribution in [0, 0.1) is 11.3 Å². The van der Waals surface area contributed by atoms with E-state index in [1.54, 1.807) is 4.90 Å². The SMILES string of the molecule is N#Cc1cccc(C[NH+]2CCCC[C@H]2c2nc3ccccc3s2)c1. The number of hydrogen-bond donors (Lipinski definition) is 1. The summed E-state index contributed by atoms with van der Waals surface area (Å²) >= 11 is 1.84. The third kappa shape index (κ3) is 3.06. The normalized spacial score (nSPS) is 20.8. The number of nitrogens with zero attached hydrogens (tertiary/aromatic N) is 2. The van der Waals surface area contributed by atoms with E-state index >= 15 is 0 Å². The molecule has 0 spiro atoms. The van der Waals surface area contributed by atoms with E-state index in [4.69, 9.17) is 10.2 Å². The second-order valence-electron chi connectivity index (χ2n) is 6.47. The van der Waals surface area contributed by atoms with Gasteiger partial charge in [-0.05, 0) is 37.1 Å². The average molecular weight is 334 g/mol. The maximum Gasteiger partial charge on any atom is 0.151 e. The molecule has 2 atom stereocenters. The van der Waals surface area contributed by atoms with Gasteiger partial charge < -0.3 is 4.90 Å². The molecule has 0 amide bonds. The van der Waals surface area contributed by atoms with Crippen molar-refractivity contribution >= 4 is 21.6 Å². The lowest BCUT2D eigenvalue weighted by molar-refractivity contribution is -0.950. The molecule has 0 saturated carbocycles. The number of benzene rings is 2. The van der Waals surface area contributed by atoms with Crippen molar-refractivity contribution in [3.63, 3.8) is 0 Å². The van der Waals surface area contributed by atoms with Crippen LogP contribution in [0.5, 0.6) is 0 Å². The fourth-order valence-electron chi connectivity index (χ4n) is 3.64. The predicted molar refractivity (Wildman–Crippen MR) is 96.9 cm³/mol. The summed E-state index contributed by atoms with van der Waals surface area (Å²) in [7, 11) is 0. The van der Waals surface area contributed by atoms with Crippen LogP contribution in [-0.4, -0.2) is 11.5 Å². The number of aromatic nitrogens is 1. The molecule has 0 bridgehead atoms. The Bertz CT molecular complexity index is 860. The molecule has 3 nitrogen and oxygen atoms in total. The molecule has 1 saturated heterocycles. The fraction of sp³-hybridized carbons (Fsp3) is 0.300. The van der Waals surface area contributed by atoms with Gasteiger partial charge in [-0.25, -0.2) is 4.98 Å². The topological polar surface area (TPSA) is 41.1 Å². The van der Waals surface area contributed by atoms with Crippen LogP contribution >= 0.6 is 11.3 Å². The van der Waals surface area contributed by atoms with Crippen molar-refractivity contribution in [1.82, 2.24) is 4.98 Å². The third-order valence-electron chi connectivity index (χ3n) is 4.83. The van der Waals surface area contributed by atoms with Crippen LogP contribution in [0.15, 0.2) is 48.5 Å². The Labute approximate surface area is 146 Å². The molecule has 0 radical (unpaired) electrons. The molecule has 4 rings (SSSR count). The number of nitrogens with one attached hydrogen (secondary N) is 1. The zero-order chi connectivity index (χ0) is 16.4. The number of rotatable bonds is 3. The van der Waals surface area contributed by atoms with Gasteiger partial charge in [-0.3, -0.25) is 0 Å². The Morgan fingerprint density at radius 3 is 2.96 bits per heavy atom. The van der Waals surface area contributed by atoms with Crippen LogP contribution in [0.25, 0.3) is 10.2 Å². The maximum absolute atomic E-state index is 9.11. The van der Waals surface area contributed by atoms with Crippen molar-refractivity contribution in [2.24, 2.45) is 0 Å². The lowest BCUT2D eigenvalue weighted by Gasteiger charge is -2.31. The number of thiazole rings is 1. The Morgan fingerprint density at radius 2 is 2.08 bits per heavy atom. The minimum Gasteiger partial charge on any atom is -0.323 e. The molecule has 2 aromatic carbocycles. The van der Waals surface area contributed by atoms with Crippen molar-refractivity contribution < 1.29 is 4.90 Å². The van der Waals surface area contributed by atoms with E-state index in [1.807, 2.05) is 29.5 Å². The first-order valence-corrected chi connectivity index (χ1v) is 9.34. The summed E-state index contributed by atoms with van der Waals surface area (Å²) in [6, 6.07) is 19.2. The summed E-state index contributed by atoms with van der Waals surface area (Å²) < 4.78 is 1.28. The smallest absolute Gasteiger partial charge is 0.151 e. The number of nitriles is 1. The Morgan fingerprint density at radius 1 is 1.17 bits per heavy atom. The first kappa shape index (κ1) is 15.3. The minimum absolute atomic E-state index is 0.474. The molecule has 2 heterocycles. The van der Waals surface area contributed by atoms with E-state index < -0.39 is 0 Å². The standard InChI is InChI=1S/C20H19N3S/c21-13-15-6-5-7-16(12-15)14-23-11-4-3-9-18(23)20-22-17-8-1-2-10-19(17)24-20/h1-2,5-8,10,12,18H,3-4,9,11,14H2/p+1/t18-/m0/s1. The zero-order valence-electron chi connectivity index (χ0n) is 13.5. The fourth-order valence-corrected chi connectivity index (χ4v) is 4.80. The summed E-state index contributed by atoms with van der Waals surface area (Å²) in [5.41, 5.74) is 3.12. The van der Waals surface area contributed by atoms with Gasteiger partial charge in [0.1, 0.15) is 12.6 Å². The van der Waals surface area contributed by atoms with Crippen molar-refractivity contribution in [3.8, 4) is 6.07 Å². The van der Waals surface area contributed by atoms with E-state index in [-0.39, 0.29) is 0 Å². The largest absolute Gasteiger partial charge is 0.323 e. The lowest BCUT2D eigenvalue weighted by Crippen LogP contribution is -3.11. The zero-order valence-corrected chi connectivity index (χ0v) is 14.4. The second-order valence-corrected chi connectivity index (χ2v) is 7.53. The molecule has 4 heteroatoms. The molecule has 1 aliphatic rings. The monoisotopic (exact) mass is 334 g/mol. The van der Waals surface area contributed by atoms with Crippen molar-refractivity contribution in [2.75, 3.05) is 6.54 Å². The molecular weight excluding hydrogens is 314 g/mol. The first-order valence-electron chi connectivity index (χ1n) is 8.52. The summed E-state index contributed by atoms with van der Waals surface area (Å²) in [6.07, 6.45) is 3.75. The average Bonchev–Trinajstić information content (AvgIpc) is 3.06. The highest BCUT2D eigenvalue weighted by Crippen LogP contribution is 2.28. The number of fused-ring (bicyclic) bond motifs is 1. The lowest BCUT2D eigenvalue weighted by atomic mass is 10.0. The van der Waals surface area contributed by atoms with Gasteiger partial charge in [0.05, 0.1) is 28.4 Å². The summed E-state index contributed by atoms with van der Waals surface area (Å²) in [5, 5.41) is 10.4. The molecule has 24 heavy (non-hydrogen) atoms. The van der Waals surface area contributed by atoms with E-state index in [2.05, 4.69) is 36.4 Å². The van der Waals surface area contributed by atoms with Gasteiger partial charge in [-0.15, -0.1) is 11.3 Å². The van der Waals surface area contributed by atoms with Crippen molar-refractivity contribution in [2.45, 2.75) is 31.8 Å². The molecule has 1 fully saturated rings. The van der Waals surface area contributed by atoms with Crippen LogP contribution in [0.4, 0.5) is 0 Å². The van der Waals surface area contributed by atoms with E-state index in [9.17, 15) is 0 Å². The van der Waals surface area contributed by atoms with E-state index in [0.29, 0.717) is 6.04 Å². The number of likely N-dealkylation sites (tertiary alicyclic amines) is 1. The molecule has 1 N–H and O–H groups in total. The molecule has 1 unspecified atom stereocenters. The van der Waals surface area contributed by atoms with Crippen LogP contribution in [-0.2, 0) is 6.54 Å². The maximum atomic E-state index is 9.11. The van der Waals surface area contributed by atoms with Gasteiger partial charge in [0.15, 0.2) is 5.01 Å². The molecule has 0 aliphatic carbocycles. The van der Waals surface area contributed by atoms with Crippen molar-refractivity contribution in [3.05, 3.63) is 64.7 Å². The highest BCUT2D eigenvalue weighted by molar-refractivity contribution is 7.18. The summed E-state index contributed by atoms with van der Waals surface area (Å²) in [6.45, 7) is 2.15.